The number of nitriles is 1. The Bertz CT molecular complexity index is 443. The molecule has 1 aliphatic carbocycles. The second-order valence-corrected chi connectivity index (χ2v) is 5.02. The molecule has 0 amide bonds. The van der Waals surface area contributed by atoms with E-state index in [0.717, 1.165) is 31.4 Å². The lowest BCUT2D eigenvalue weighted by Gasteiger charge is -2.36. The third-order valence-electron chi connectivity index (χ3n) is 4.10. The Kier molecular flexibility index (Phi) is 3.21. The summed E-state index contributed by atoms with van der Waals surface area (Å²) >= 11 is 0. The van der Waals surface area contributed by atoms with Gasteiger partial charge in [-0.2, -0.15) is 5.26 Å². The summed E-state index contributed by atoms with van der Waals surface area (Å²) in [4.78, 5) is 4.35. The first-order chi connectivity index (χ1) is 8.12. The van der Waals surface area contributed by atoms with E-state index < -0.39 is 0 Å². The number of imidazole rings is 1. The van der Waals surface area contributed by atoms with Crippen molar-refractivity contribution in [3.05, 3.63) is 17.7 Å². The third-order valence-corrected chi connectivity index (χ3v) is 4.10. The van der Waals surface area contributed by atoms with Crippen LogP contribution in [0.1, 0.15) is 43.1 Å². The van der Waals surface area contributed by atoms with E-state index in [1.165, 1.54) is 5.69 Å². The van der Waals surface area contributed by atoms with Gasteiger partial charge < -0.3 is 9.88 Å². The first-order valence-corrected chi connectivity index (χ1v) is 6.22. The van der Waals surface area contributed by atoms with Crippen molar-refractivity contribution < 1.29 is 0 Å². The molecule has 1 saturated carbocycles. The molecule has 1 aliphatic rings. The molecule has 0 aromatic carbocycles. The van der Waals surface area contributed by atoms with Crippen LogP contribution >= 0.6 is 0 Å². The maximum atomic E-state index is 9.34. The summed E-state index contributed by atoms with van der Waals surface area (Å²) in [6.45, 7) is 4.13. The first-order valence-electron chi connectivity index (χ1n) is 6.22. The van der Waals surface area contributed by atoms with Crippen molar-refractivity contribution in [3.8, 4) is 6.07 Å². The van der Waals surface area contributed by atoms with Gasteiger partial charge >= 0.3 is 0 Å². The Morgan fingerprint density at radius 2 is 2.35 bits per heavy atom. The predicted molar refractivity (Wildman–Crippen MR) is 66.6 cm³/mol. The fourth-order valence-corrected chi connectivity index (χ4v) is 2.75. The maximum Gasteiger partial charge on any atom is 0.108 e. The number of aromatic nitrogens is 2. The molecule has 17 heavy (non-hydrogen) atoms. The summed E-state index contributed by atoms with van der Waals surface area (Å²) in [6, 6.07) is 2.85. The van der Waals surface area contributed by atoms with Gasteiger partial charge in [0.1, 0.15) is 5.54 Å². The van der Waals surface area contributed by atoms with Crippen LogP contribution in [0.5, 0.6) is 0 Å². The van der Waals surface area contributed by atoms with Crippen LogP contribution in [0.4, 0.5) is 0 Å². The Morgan fingerprint density at radius 3 is 2.88 bits per heavy atom. The van der Waals surface area contributed by atoms with Crippen LogP contribution in [0.3, 0.4) is 0 Å². The Labute approximate surface area is 103 Å². The van der Waals surface area contributed by atoms with Gasteiger partial charge in [-0.05, 0) is 46.6 Å². The van der Waals surface area contributed by atoms with Gasteiger partial charge in [-0.15, -0.1) is 0 Å². The minimum atomic E-state index is -0.354. The van der Waals surface area contributed by atoms with Gasteiger partial charge in [0.15, 0.2) is 0 Å². The fraction of sp³-hybridized carbons (Fsp3) is 0.692. The second-order valence-electron chi connectivity index (χ2n) is 5.02. The van der Waals surface area contributed by atoms with Crippen molar-refractivity contribution in [2.75, 3.05) is 7.05 Å². The molecule has 0 bridgehead atoms. The minimum Gasteiger partial charge on any atom is -0.331 e. The smallest absolute Gasteiger partial charge is 0.108 e. The topological polar surface area (TPSA) is 53.6 Å². The van der Waals surface area contributed by atoms with Crippen LogP contribution in [0.25, 0.3) is 0 Å². The van der Waals surface area contributed by atoms with Crippen LogP contribution < -0.4 is 5.32 Å². The zero-order chi connectivity index (χ0) is 12.5. The van der Waals surface area contributed by atoms with Crippen molar-refractivity contribution in [2.45, 2.75) is 51.1 Å². The zero-order valence-electron chi connectivity index (χ0n) is 10.8. The Balaban J connectivity index is 2.24. The van der Waals surface area contributed by atoms with E-state index in [4.69, 9.17) is 0 Å². The van der Waals surface area contributed by atoms with Crippen LogP contribution in [0, 0.1) is 25.2 Å². The highest BCUT2D eigenvalue weighted by molar-refractivity contribution is 5.14. The van der Waals surface area contributed by atoms with E-state index in [1.54, 1.807) is 0 Å². The van der Waals surface area contributed by atoms with Crippen molar-refractivity contribution in [3.63, 3.8) is 0 Å². The summed E-state index contributed by atoms with van der Waals surface area (Å²) in [6.07, 6.45) is 5.97. The van der Waals surface area contributed by atoms with Crippen LogP contribution in [0.15, 0.2) is 6.33 Å². The van der Waals surface area contributed by atoms with Crippen LogP contribution in [-0.4, -0.2) is 22.1 Å². The molecule has 0 aliphatic heterocycles. The average Bonchev–Trinajstić information content (AvgIpc) is 2.70. The fourth-order valence-electron chi connectivity index (χ4n) is 2.75. The molecule has 1 aromatic rings. The highest BCUT2D eigenvalue weighted by Crippen LogP contribution is 2.35. The van der Waals surface area contributed by atoms with Gasteiger partial charge in [0.2, 0.25) is 0 Å². The molecule has 2 unspecified atom stereocenters. The summed E-state index contributed by atoms with van der Waals surface area (Å²) < 4.78 is 2.23. The largest absolute Gasteiger partial charge is 0.331 e. The van der Waals surface area contributed by atoms with Crippen molar-refractivity contribution in [1.82, 2.24) is 14.9 Å². The first kappa shape index (κ1) is 12.1. The molecule has 1 fully saturated rings. The lowest BCUT2D eigenvalue weighted by Crippen LogP contribution is -2.45. The second kappa shape index (κ2) is 4.50. The number of aryl methyl sites for hydroxylation is 1. The van der Waals surface area contributed by atoms with Gasteiger partial charge in [-0.1, -0.05) is 0 Å². The van der Waals surface area contributed by atoms with Crippen molar-refractivity contribution in [2.24, 2.45) is 0 Å². The van der Waals surface area contributed by atoms with E-state index in [0.29, 0.717) is 6.04 Å². The van der Waals surface area contributed by atoms with Gasteiger partial charge in [0.05, 0.1) is 18.1 Å². The average molecular weight is 232 g/mol. The van der Waals surface area contributed by atoms with E-state index in [9.17, 15) is 5.26 Å². The predicted octanol–water partition coefficient (Wildman–Crippen LogP) is 2.10. The third kappa shape index (κ3) is 2.07. The molecule has 4 nitrogen and oxygen atoms in total. The van der Waals surface area contributed by atoms with E-state index in [-0.39, 0.29) is 5.54 Å². The number of hydrogen-bond donors (Lipinski definition) is 1. The number of hydrogen-bond acceptors (Lipinski definition) is 3. The van der Waals surface area contributed by atoms with Gasteiger partial charge in [-0.3, -0.25) is 0 Å². The molecule has 2 atom stereocenters. The highest BCUT2D eigenvalue weighted by Gasteiger charge is 2.36. The minimum absolute atomic E-state index is 0.354. The van der Waals surface area contributed by atoms with Crippen LogP contribution in [-0.2, 0) is 0 Å². The van der Waals surface area contributed by atoms with E-state index in [2.05, 4.69) is 27.9 Å². The van der Waals surface area contributed by atoms with E-state index >= 15 is 0 Å². The molecule has 92 valence electrons. The van der Waals surface area contributed by atoms with E-state index in [1.807, 2.05) is 20.3 Å². The zero-order valence-corrected chi connectivity index (χ0v) is 10.8. The normalized spacial score (nSPS) is 28.9. The standard InChI is InChI=1S/C13H20N4/c1-10-11(2)17(9-16-10)12-5-4-6-13(7-12,8-14)15-3/h9,12,15H,4-7H2,1-3H3. The van der Waals surface area contributed by atoms with Gasteiger partial charge in [0, 0.05) is 11.7 Å². The number of nitrogens with zero attached hydrogens (tertiary/aromatic N) is 3. The lowest BCUT2D eigenvalue weighted by molar-refractivity contribution is 0.239. The highest BCUT2D eigenvalue weighted by atomic mass is 15.1. The molecule has 2 rings (SSSR count). The molecule has 4 heteroatoms. The quantitative estimate of drug-likeness (QED) is 0.849. The van der Waals surface area contributed by atoms with Gasteiger partial charge in [0.25, 0.3) is 0 Å². The van der Waals surface area contributed by atoms with Gasteiger partial charge in [-0.25, -0.2) is 4.98 Å². The Hall–Kier alpha value is -1.34. The monoisotopic (exact) mass is 232 g/mol. The maximum absolute atomic E-state index is 9.34. The summed E-state index contributed by atoms with van der Waals surface area (Å²) in [5.41, 5.74) is 1.95. The molecular formula is C13H20N4. The number of nitrogens with one attached hydrogen (secondary N) is 1. The summed E-state index contributed by atoms with van der Waals surface area (Å²) in [7, 11) is 1.89. The summed E-state index contributed by atoms with van der Waals surface area (Å²) in [5.74, 6) is 0. The van der Waals surface area contributed by atoms with Crippen molar-refractivity contribution >= 4 is 0 Å². The molecule has 0 spiro atoms. The molecule has 1 N–H and O–H groups in total. The van der Waals surface area contributed by atoms with Crippen LogP contribution in [0.2, 0.25) is 0 Å². The van der Waals surface area contributed by atoms with Crippen molar-refractivity contribution in [1.29, 1.82) is 5.26 Å². The summed E-state index contributed by atoms with van der Waals surface area (Å²) in [5, 5.41) is 12.5. The number of rotatable bonds is 2. The Morgan fingerprint density at radius 1 is 1.59 bits per heavy atom. The lowest BCUT2D eigenvalue weighted by atomic mass is 9.80. The molecule has 0 radical (unpaired) electrons. The molecule has 0 saturated heterocycles. The SMILES string of the molecule is CNC1(C#N)CCCC(n2cnc(C)c2C)C1. The molecule has 1 heterocycles. The molecule has 1 aromatic heterocycles. The molecular weight excluding hydrogens is 212 g/mol.